The van der Waals surface area contributed by atoms with Crippen LogP contribution in [0.5, 0.6) is 0 Å². The number of amides is 2. The minimum absolute atomic E-state index is 0.00626. The maximum atomic E-state index is 12.8. The van der Waals surface area contributed by atoms with Crippen LogP contribution in [0.1, 0.15) is 41.3 Å². The summed E-state index contributed by atoms with van der Waals surface area (Å²) >= 11 is 0. The van der Waals surface area contributed by atoms with Crippen molar-refractivity contribution in [3.63, 3.8) is 0 Å². The van der Waals surface area contributed by atoms with Gasteiger partial charge in [-0.2, -0.15) is 0 Å². The molecule has 1 saturated heterocycles. The third kappa shape index (κ3) is 2.59. The number of carbonyl (C=O) groups is 2. The SMILES string of the molecule is CC(=O)N1CCc2c(cncc2C(=O)N2CCCC2CO)C1. The molecule has 1 aromatic rings. The number of rotatable bonds is 2. The van der Waals surface area contributed by atoms with Gasteiger partial charge in [-0.3, -0.25) is 14.6 Å². The van der Waals surface area contributed by atoms with Crippen molar-refractivity contribution in [1.82, 2.24) is 14.8 Å². The van der Waals surface area contributed by atoms with Gasteiger partial charge in [-0.25, -0.2) is 0 Å². The molecule has 0 bridgehead atoms. The first-order valence-electron chi connectivity index (χ1n) is 7.75. The van der Waals surface area contributed by atoms with Crippen molar-refractivity contribution in [2.45, 2.75) is 38.8 Å². The Hall–Kier alpha value is -1.95. The zero-order valence-corrected chi connectivity index (χ0v) is 12.8. The van der Waals surface area contributed by atoms with E-state index in [0.29, 0.717) is 31.6 Å². The fraction of sp³-hybridized carbons (Fsp3) is 0.562. The summed E-state index contributed by atoms with van der Waals surface area (Å²) in [6, 6.07) is -0.0827. The third-order valence-corrected chi connectivity index (χ3v) is 4.66. The number of hydrogen-bond donors (Lipinski definition) is 1. The van der Waals surface area contributed by atoms with Gasteiger partial charge in [0.1, 0.15) is 0 Å². The molecule has 6 heteroatoms. The van der Waals surface area contributed by atoms with Gasteiger partial charge in [-0.1, -0.05) is 0 Å². The van der Waals surface area contributed by atoms with E-state index in [9.17, 15) is 14.7 Å². The van der Waals surface area contributed by atoms with E-state index in [1.807, 2.05) is 0 Å². The molecule has 1 N–H and O–H groups in total. The van der Waals surface area contributed by atoms with Gasteiger partial charge in [0.15, 0.2) is 0 Å². The summed E-state index contributed by atoms with van der Waals surface area (Å²) in [5.41, 5.74) is 2.58. The van der Waals surface area contributed by atoms with E-state index in [-0.39, 0.29) is 24.5 Å². The first-order valence-corrected chi connectivity index (χ1v) is 7.75. The molecule has 1 fully saturated rings. The van der Waals surface area contributed by atoms with E-state index in [2.05, 4.69) is 4.98 Å². The predicted molar refractivity (Wildman–Crippen MR) is 80.2 cm³/mol. The number of aliphatic hydroxyl groups excluding tert-OH is 1. The van der Waals surface area contributed by atoms with Crippen LogP contribution in [0.3, 0.4) is 0 Å². The molecule has 0 spiro atoms. The molecule has 0 aliphatic carbocycles. The molecule has 2 aliphatic rings. The number of pyridine rings is 1. The average Bonchev–Trinajstić information content (AvgIpc) is 3.01. The van der Waals surface area contributed by atoms with E-state index in [4.69, 9.17) is 0 Å². The monoisotopic (exact) mass is 303 g/mol. The highest BCUT2D eigenvalue weighted by atomic mass is 16.3. The van der Waals surface area contributed by atoms with Crippen LogP contribution in [0.15, 0.2) is 12.4 Å². The number of likely N-dealkylation sites (tertiary alicyclic amines) is 1. The van der Waals surface area contributed by atoms with Crippen LogP contribution in [0.4, 0.5) is 0 Å². The fourth-order valence-corrected chi connectivity index (χ4v) is 3.39. The second-order valence-corrected chi connectivity index (χ2v) is 5.99. The molecular formula is C16H21N3O3. The largest absolute Gasteiger partial charge is 0.394 e. The van der Waals surface area contributed by atoms with Gasteiger partial charge in [-0.15, -0.1) is 0 Å². The molecule has 118 valence electrons. The second-order valence-electron chi connectivity index (χ2n) is 5.99. The molecule has 3 heterocycles. The number of fused-ring (bicyclic) bond motifs is 1. The molecule has 2 aliphatic heterocycles. The molecule has 22 heavy (non-hydrogen) atoms. The molecular weight excluding hydrogens is 282 g/mol. The standard InChI is InChI=1S/C16H21N3O3/c1-11(21)18-6-4-14-12(9-18)7-17-8-15(14)16(22)19-5-2-3-13(19)10-20/h7-8,13,20H,2-6,9-10H2,1H3. The van der Waals surface area contributed by atoms with Crippen LogP contribution >= 0.6 is 0 Å². The zero-order valence-electron chi connectivity index (χ0n) is 12.8. The van der Waals surface area contributed by atoms with E-state index in [1.165, 1.54) is 0 Å². The molecule has 0 aromatic carbocycles. The molecule has 3 rings (SSSR count). The minimum atomic E-state index is -0.0827. The summed E-state index contributed by atoms with van der Waals surface area (Å²) in [7, 11) is 0. The highest BCUT2D eigenvalue weighted by Gasteiger charge is 2.31. The zero-order chi connectivity index (χ0) is 15.7. The van der Waals surface area contributed by atoms with Crippen LogP contribution < -0.4 is 0 Å². The summed E-state index contributed by atoms with van der Waals surface area (Å²) in [6.45, 7) is 3.40. The second kappa shape index (κ2) is 6.04. The minimum Gasteiger partial charge on any atom is -0.394 e. The van der Waals surface area contributed by atoms with E-state index in [1.54, 1.807) is 29.1 Å². The first kappa shape index (κ1) is 15.0. The number of aliphatic hydroxyl groups is 1. The van der Waals surface area contributed by atoms with E-state index < -0.39 is 0 Å². The van der Waals surface area contributed by atoms with Crippen molar-refractivity contribution in [3.05, 3.63) is 29.1 Å². The Labute approximate surface area is 129 Å². The summed E-state index contributed by atoms with van der Waals surface area (Å²) in [5.74, 6) is -0.000517. The number of nitrogens with zero attached hydrogens (tertiary/aromatic N) is 3. The van der Waals surface area contributed by atoms with Gasteiger partial charge in [-0.05, 0) is 30.4 Å². The van der Waals surface area contributed by atoms with Crippen LogP contribution in [-0.2, 0) is 17.8 Å². The lowest BCUT2D eigenvalue weighted by Gasteiger charge is -2.30. The Morgan fingerprint density at radius 3 is 2.91 bits per heavy atom. The predicted octanol–water partition coefficient (Wildman–Crippen LogP) is 0.583. The summed E-state index contributed by atoms with van der Waals surface area (Å²) in [4.78, 5) is 32.0. The fourth-order valence-electron chi connectivity index (χ4n) is 3.39. The molecule has 6 nitrogen and oxygen atoms in total. The molecule has 1 unspecified atom stereocenters. The Morgan fingerprint density at radius 2 is 2.18 bits per heavy atom. The van der Waals surface area contributed by atoms with Crippen LogP contribution in [0.25, 0.3) is 0 Å². The quantitative estimate of drug-likeness (QED) is 0.867. The van der Waals surface area contributed by atoms with Crippen molar-refractivity contribution in [2.24, 2.45) is 0 Å². The van der Waals surface area contributed by atoms with Gasteiger partial charge in [0.25, 0.3) is 5.91 Å². The number of carbonyl (C=O) groups excluding carboxylic acids is 2. The van der Waals surface area contributed by atoms with Crippen molar-refractivity contribution in [1.29, 1.82) is 0 Å². The summed E-state index contributed by atoms with van der Waals surface area (Å²) < 4.78 is 0. The summed E-state index contributed by atoms with van der Waals surface area (Å²) in [6.07, 6.45) is 5.82. The molecule has 2 amide bonds. The first-order chi connectivity index (χ1) is 10.6. The van der Waals surface area contributed by atoms with Crippen LogP contribution in [0, 0.1) is 0 Å². The number of aromatic nitrogens is 1. The van der Waals surface area contributed by atoms with Gasteiger partial charge in [0.2, 0.25) is 5.91 Å². The third-order valence-electron chi connectivity index (χ3n) is 4.66. The summed E-state index contributed by atoms with van der Waals surface area (Å²) in [5, 5.41) is 9.41. The van der Waals surface area contributed by atoms with Gasteiger partial charge in [0.05, 0.1) is 18.2 Å². The van der Waals surface area contributed by atoms with Crippen molar-refractivity contribution < 1.29 is 14.7 Å². The van der Waals surface area contributed by atoms with Gasteiger partial charge < -0.3 is 14.9 Å². The van der Waals surface area contributed by atoms with Crippen LogP contribution in [-0.4, -0.2) is 57.4 Å². The topological polar surface area (TPSA) is 73.7 Å². The highest BCUT2D eigenvalue weighted by Crippen LogP contribution is 2.25. The average molecular weight is 303 g/mol. The Balaban J connectivity index is 1.88. The smallest absolute Gasteiger partial charge is 0.256 e. The molecule has 1 atom stereocenters. The number of hydrogen-bond acceptors (Lipinski definition) is 4. The normalized spacial score (nSPS) is 20.9. The lowest BCUT2D eigenvalue weighted by atomic mass is 9.96. The van der Waals surface area contributed by atoms with E-state index in [0.717, 1.165) is 24.0 Å². The van der Waals surface area contributed by atoms with Gasteiger partial charge >= 0.3 is 0 Å². The maximum Gasteiger partial charge on any atom is 0.256 e. The molecule has 0 saturated carbocycles. The lowest BCUT2D eigenvalue weighted by molar-refractivity contribution is -0.129. The lowest BCUT2D eigenvalue weighted by Crippen LogP contribution is -2.40. The molecule has 0 radical (unpaired) electrons. The Morgan fingerprint density at radius 1 is 1.36 bits per heavy atom. The molecule has 1 aromatic heterocycles. The van der Waals surface area contributed by atoms with Crippen molar-refractivity contribution in [3.8, 4) is 0 Å². The van der Waals surface area contributed by atoms with Gasteiger partial charge in [0, 0.05) is 39.0 Å². The highest BCUT2D eigenvalue weighted by molar-refractivity contribution is 5.96. The maximum absolute atomic E-state index is 12.8. The Bertz CT molecular complexity index is 602. The van der Waals surface area contributed by atoms with E-state index >= 15 is 0 Å². The van der Waals surface area contributed by atoms with Crippen LogP contribution in [0.2, 0.25) is 0 Å². The van der Waals surface area contributed by atoms with Crippen molar-refractivity contribution >= 4 is 11.8 Å². The van der Waals surface area contributed by atoms with Crippen molar-refractivity contribution in [2.75, 3.05) is 19.7 Å². The Kier molecular flexibility index (Phi) is 4.11.